The minimum atomic E-state index is -1.05. The van der Waals surface area contributed by atoms with Gasteiger partial charge < -0.3 is 14.2 Å². The van der Waals surface area contributed by atoms with Crippen LogP contribution in [-0.4, -0.2) is 45.0 Å². The fourth-order valence-corrected chi connectivity index (χ4v) is 4.84. The molecule has 0 aromatic rings. The highest BCUT2D eigenvalue weighted by atomic mass is 32.2. The van der Waals surface area contributed by atoms with Gasteiger partial charge in [0.25, 0.3) is 0 Å². The fraction of sp³-hybridized carbons (Fsp3) is 0.947. The summed E-state index contributed by atoms with van der Waals surface area (Å²) in [5, 5.41) is 0. The Kier molecular flexibility index (Phi) is 6.38. The number of nitrogens with zero attached hydrogens (tertiary/aromatic N) is 1. The SMILES string of the molecule is CC(C)(C)OC(=O)N1CCC2(CCCCC2N[S+]([O-])C(C)(C)C)CC1. The summed E-state index contributed by atoms with van der Waals surface area (Å²) < 4.78 is 21.3. The normalized spacial score (nSPS) is 25.7. The standard InChI is InChI=1S/C19H36N2O3S/c1-17(2,3)24-16(22)21-13-11-19(12-14-21)10-8-7-9-15(19)20-25(23)18(4,5)6/h15,20H,7-14H2,1-6H3. The maximum atomic E-state index is 12.6. The van der Waals surface area contributed by atoms with E-state index in [4.69, 9.17) is 4.74 Å². The second-order valence-corrected chi connectivity index (χ2v) is 11.6. The van der Waals surface area contributed by atoms with Crippen LogP contribution in [0.15, 0.2) is 0 Å². The van der Waals surface area contributed by atoms with Crippen molar-refractivity contribution >= 4 is 17.5 Å². The molecule has 2 aliphatic rings. The third-order valence-corrected chi connectivity index (χ3v) is 6.98. The van der Waals surface area contributed by atoms with Crippen LogP contribution in [0, 0.1) is 5.41 Å². The number of hydrogen-bond acceptors (Lipinski definition) is 4. The van der Waals surface area contributed by atoms with Gasteiger partial charge in [-0.3, -0.25) is 0 Å². The summed E-state index contributed by atoms with van der Waals surface area (Å²) in [6, 6.07) is 0.280. The lowest BCUT2D eigenvalue weighted by Gasteiger charge is -2.49. The third kappa shape index (κ3) is 5.51. The lowest BCUT2D eigenvalue weighted by Crippen LogP contribution is -2.57. The molecule has 146 valence electrons. The highest BCUT2D eigenvalue weighted by Crippen LogP contribution is 2.45. The van der Waals surface area contributed by atoms with E-state index in [9.17, 15) is 9.35 Å². The maximum absolute atomic E-state index is 12.6. The molecule has 1 amide bonds. The quantitative estimate of drug-likeness (QED) is 0.744. The Bertz CT molecular complexity index is 462. The van der Waals surface area contributed by atoms with Gasteiger partial charge in [0.2, 0.25) is 0 Å². The molecule has 1 aliphatic heterocycles. The van der Waals surface area contributed by atoms with Crippen LogP contribution in [0.2, 0.25) is 0 Å². The van der Waals surface area contributed by atoms with Crippen molar-refractivity contribution in [3.05, 3.63) is 0 Å². The molecular weight excluding hydrogens is 336 g/mol. The number of ether oxygens (including phenoxy) is 1. The molecule has 6 heteroatoms. The number of piperidine rings is 1. The molecule has 1 saturated heterocycles. The van der Waals surface area contributed by atoms with Gasteiger partial charge in [0.05, 0.1) is 6.04 Å². The number of hydrogen-bond donors (Lipinski definition) is 1. The van der Waals surface area contributed by atoms with Crippen LogP contribution in [0.4, 0.5) is 4.79 Å². The molecule has 25 heavy (non-hydrogen) atoms. The van der Waals surface area contributed by atoms with Gasteiger partial charge in [-0.15, -0.1) is 4.72 Å². The van der Waals surface area contributed by atoms with Crippen molar-refractivity contribution in [1.29, 1.82) is 0 Å². The fourth-order valence-electron chi connectivity index (χ4n) is 3.86. The van der Waals surface area contributed by atoms with E-state index in [0.717, 1.165) is 38.8 Å². The molecule has 1 heterocycles. The van der Waals surface area contributed by atoms with Crippen LogP contribution in [-0.2, 0) is 16.1 Å². The monoisotopic (exact) mass is 372 g/mol. The molecule has 0 aromatic carbocycles. The summed E-state index contributed by atoms with van der Waals surface area (Å²) in [6.07, 6.45) is 6.38. The molecule has 1 saturated carbocycles. The van der Waals surface area contributed by atoms with E-state index in [0.29, 0.717) is 0 Å². The molecule has 1 spiro atoms. The summed E-state index contributed by atoms with van der Waals surface area (Å²) in [6.45, 7) is 13.2. The van der Waals surface area contributed by atoms with E-state index in [1.807, 2.05) is 46.4 Å². The molecular formula is C19H36N2O3S. The molecule has 5 nitrogen and oxygen atoms in total. The predicted molar refractivity (Wildman–Crippen MR) is 103 cm³/mol. The number of nitrogens with one attached hydrogen (secondary N) is 1. The van der Waals surface area contributed by atoms with Crippen LogP contribution in [0.3, 0.4) is 0 Å². The number of amides is 1. The summed E-state index contributed by atoms with van der Waals surface area (Å²) in [4.78, 5) is 14.2. The lowest BCUT2D eigenvalue weighted by atomic mass is 9.65. The number of carbonyl (C=O) groups excluding carboxylic acids is 1. The van der Waals surface area contributed by atoms with Gasteiger partial charge >= 0.3 is 6.09 Å². The van der Waals surface area contributed by atoms with Crippen molar-refractivity contribution in [3.63, 3.8) is 0 Å². The van der Waals surface area contributed by atoms with Gasteiger partial charge in [0.1, 0.15) is 10.3 Å². The molecule has 2 rings (SSSR count). The van der Waals surface area contributed by atoms with E-state index in [-0.39, 0.29) is 22.3 Å². The van der Waals surface area contributed by atoms with Crippen LogP contribution < -0.4 is 4.72 Å². The van der Waals surface area contributed by atoms with E-state index >= 15 is 0 Å². The topological polar surface area (TPSA) is 64.6 Å². The molecule has 0 radical (unpaired) electrons. The first-order valence-electron chi connectivity index (χ1n) is 9.59. The molecule has 2 unspecified atom stereocenters. The Morgan fingerprint density at radius 3 is 2.24 bits per heavy atom. The third-order valence-electron chi connectivity index (χ3n) is 5.37. The van der Waals surface area contributed by atoms with Gasteiger partial charge in [0.15, 0.2) is 0 Å². The van der Waals surface area contributed by atoms with E-state index in [2.05, 4.69) is 4.72 Å². The molecule has 0 aromatic heterocycles. The van der Waals surface area contributed by atoms with Gasteiger partial charge in [0, 0.05) is 24.5 Å². The predicted octanol–water partition coefficient (Wildman–Crippen LogP) is 4.00. The average molecular weight is 373 g/mol. The zero-order chi connectivity index (χ0) is 18.9. The van der Waals surface area contributed by atoms with Crippen molar-refractivity contribution < 1.29 is 14.1 Å². The van der Waals surface area contributed by atoms with E-state index < -0.39 is 17.0 Å². The van der Waals surface area contributed by atoms with Crippen molar-refractivity contribution in [1.82, 2.24) is 9.62 Å². The zero-order valence-electron chi connectivity index (χ0n) is 16.8. The van der Waals surface area contributed by atoms with Crippen molar-refractivity contribution in [2.75, 3.05) is 13.1 Å². The Morgan fingerprint density at radius 1 is 1.12 bits per heavy atom. The largest absolute Gasteiger partial charge is 0.598 e. The first kappa shape index (κ1) is 20.8. The highest BCUT2D eigenvalue weighted by Gasteiger charge is 2.46. The Balaban J connectivity index is 1.99. The first-order chi connectivity index (χ1) is 11.4. The Morgan fingerprint density at radius 2 is 1.72 bits per heavy atom. The molecule has 1 aliphatic carbocycles. The molecule has 2 atom stereocenters. The minimum Gasteiger partial charge on any atom is -0.598 e. The Hall–Kier alpha value is -0.460. The van der Waals surface area contributed by atoms with Crippen LogP contribution in [0.1, 0.15) is 80.1 Å². The molecule has 2 fully saturated rings. The van der Waals surface area contributed by atoms with Crippen molar-refractivity contribution in [2.45, 2.75) is 96.5 Å². The van der Waals surface area contributed by atoms with E-state index in [1.165, 1.54) is 12.8 Å². The lowest BCUT2D eigenvalue weighted by molar-refractivity contribution is -0.00150. The van der Waals surface area contributed by atoms with Gasteiger partial charge in [-0.05, 0) is 72.6 Å². The number of likely N-dealkylation sites (tertiary alicyclic amines) is 1. The zero-order valence-corrected chi connectivity index (χ0v) is 17.6. The van der Waals surface area contributed by atoms with Crippen LogP contribution in [0.5, 0.6) is 0 Å². The number of rotatable bonds is 2. The van der Waals surface area contributed by atoms with Crippen LogP contribution in [0.25, 0.3) is 0 Å². The number of carbonyl (C=O) groups is 1. The summed E-state index contributed by atoms with van der Waals surface area (Å²) >= 11 is -1.05. The second kappa shape index (κ2) is 7.65. The maximum Gasteiger partial charge on any atom is 0.410 e. The summed E-state index contributed by atoms with van der Waals surface area (Å²) in [7, 11) is 0. The van der Waals surface area contributed by atoms with Gasteiger partial charge in [-0.2, -0.15) is 0 Å². The Labute approximate surface area is 156 Å². The van der Waals surface area contributed by atoms with Gasteiger partial charge in [-0.25, -0.2) is 4.79 Å². The second-order valence-electron chi connectivity index (χ2n) is 9.63. The first-order valence-corrected chi connectivity index (χ1v) is 10.7. The molecule has 0 bridgehead atoms. The highest BCUT2D eigenvalue weighted by molar-refractivity contribution is 7.90. The summed E-state index contributed by atoms with van der Waals surface area (Å²) in [5.74, 6) is 0. The molecule has 1 N–H and O–H groups in total. The van der Waals surface area contributed by atoms with Crippen molar-refractivity contribution in [3.8, 4) is 0 Å². The van der Waals surface area contributed by atoms with E-state index in [1.54, 1.807) is 0 Å². The van der Waals surface area contributed by atoms with Gasteiger partial charge in [-0.1, -0.05) is 12.8 Å². The minimum absolute atomic E-state index is 0.164. The van der Waals surface area contributed by atoms with Crippen LogP contribution >= 0.6 is 0 Å². The average Bonchev–Trinajstić information content (AvgIpc) is 2.47. The smallest absolute Gasteiger partial charge is 0.410 e. The van der Waals surface area contributed by atoms with Crippen molar-refractivity contribution in [2.24, 2.45) is 5.41 Å². The summed E-state index contributed by atoms with van der Waals surface area (Å²) in [5.41, 5.74) is -0.289.